The average Bonchev–Trinajstić information content (AvgIpc) is 2.41. The SMILES string of the molecule is O=C(O)C[C@]1(c2ccc(F)cc2)C2C[C@]3(O)CC1C[C@](O)(C2)C3. The van der Waals surface area contributed by atoms with Gasteiger partial charge in [-0.15, -0.1) is 0 Å². The van der Waals surface area contributed by atoms with Crippen LogP contribution >= 0.6 is 0 Å². The molecule has 0 heterocycles. The first-order valence-corrected chi connectivity index (χ1v) is 8.17. The summed E-state index contributed by atoms with van der Waals surface area (Å²) in [5.74, 6) is -1.43. The number of carboxylic acid groups (broad SMARTS) is 1. The van der Waals surface area contributed by atoms with Crippen LogP contribution in [0.15, 0.2) is 24.3 Å². The van der Waals surface area contributed by atoms with Gasteiger partial charge in [0.1, 0.15) is 5.82 Å². The highest BCUT2D eigenvalue weighted by atomic mass is 19.1. The molecule has 0 spiro atoms. The first-order valence-electron chi connectivity index (χ1n) is 8.17. The lowest BCUT2D eigenvalue weighted by Crippen LogP contribution is -2.68. The van der Waals surface area contributed by atoms with Crippen molar-refractivity contribution >= 4 is 5.97 Å². The van der Waals surface area contributed by atoms with Crippen molar-refractivity contribution in [1.82, 2.24) is 0 Å². The summed E-state index contributed by atoms with van der Waals surface area (Å²) < 4.78 is 13.3. The van der Waals surface area contributed by atoms with Crippen molar-refractivity contribution in [3.05, 3.63) is 35.6 Å². The number of rotatable bonds is 3. The monoisotopic (exact) mass is 320 g/mol. The van der Waals surface area contributed by atoms with Crippen LogP contribution in [-0.2, 0) is 10.2 Å². The number of hydrogen-bond acceptors (Lipinski definition) is 3. The summed E-state index contributed by atoms with van der Waals surface area (Å²) in [6.45, 7) is 0. The molecule has 3 N–H and O–H groups in total. The van der Waals surface area contributed by atoms with E-state index in [-0.39, 0.29) is 24.1 Å². The third-order valence-electron chi connectivity index (χ3n) is 6.45. The molecule has 4 aliphatic carbocycles. The quantitative estimate of drug-likeness (QED) is 0.798. The Morgan fingerprint density at radius 2 is 1.52 bits per heavy atom. The Kier molecular flexibility index (Phi) is 2.98. The minimum absolute atomic E-state index is 0.0415. The molecule has 0 radical (unpaired) electrons. The van der Waals surface area contributed by atoms with Crippen molar-refractivity contribution in [2.75, 3.05) is 0 Å². The Labute approximate surface area is 134 Å². The fourth-order valence-corrected chi connectivity index (χ4v) is 5.98. The fraction of sp³-hybridized carbons (Fsp3) is 0.611. The van der Waals surface area contributed by atoms with Gasteiger partial charge in [0.05, 0.1) is 17.6 Å². The number of hydrogen-bond donors (Lipinski definition) is 3. The highest BCUT2D eigenvalue weighted by Crippen LogP contribution is 2.66. The standard InChI is InChI=1S/C18H21FO4/c19-14-3-1-11(2-4-14)18(9-15(20)21)12-5-16(22)7-13(18)8-17(23,6-12)10-16/h1-4,12-13,22-23H,5-10H2,(H,20,21)/t12?,13?,16-,17+,18-. The molecule has 1 aromatic carbocycles. The molecule has 124 valence electrons. The van der Waals surface area contributed by atoms with Gasteiger partial charge in [-0.05, 0) is 55.2 Å². The Hall–Kier alpha value is -1.46. The molecule has 23 heavy (non-hydrogen) atoms. The smallest absolute Gasteiger partial charge is 0.304 e. The number of aliphatic hydroxyl groups is 2. The topological polar surface area (TPSA) is 77.8 Å². The molecular weight excluding hydrogens is 299 g/mol. The highest BCUT2D eigenvalue weighted by Gasteiger charge is 2.66. The first kappa shape index (κ1) is 15.1. The van der Waals surface area contributed by atoms with E-state index >= 15 is 0 Å². The van der Waals surface area contributed by atoms with E-state index in [2.05, 4.69) is 0 Å². The zero-order valence-electron chi connectivity index (χ0n) is 12.8. The molecule has 0 aromatic heterocycles. The van der Waals surface area contributed by atoms with Gasteiger partial charge in [0.15, 0.2) is 0 Å². The second-order valence-corrected chi connectivity index (χ2v) is 7.95. The summed E-state index contributed by atoms with van der Waals surface area (Å²) in [6.07, 6.45) is 2.39. The van der Waals surface area contributed by atoms with E-state index in [1.54, 1.807) is 12.1 Å². The van der Waals surface area contributed by atoms with E-state index in [0.717, 1.165) is 5.56 Å². The Morgan fingerprint density at radius 3 is 1.96 bits per heavy atom. The van der Waals surface area contributed by atoms with Gasteiger partial charge in [-0.1, -0.05) is 12.1 Å². The van der Waals surface area contributed by atoms with Crippen LogP contribution in [0, 0.1) is 17.7 Å². The number of aliphatic carboxylic acids is 1. The lowest BCUT2D eigenvalue weighted by Gasteiger charge is -2.66. The van der Waals surface area contributed by atoms with Crippen LogP contribution in [-0.4, -0.2) is 32.5 Å². The predicted molar refractivity (Wildman–Crippen MR) is 80.3 cm³/mol. The molecule has 5 heteroatoms. The maximum absolute atomic E-state index is 13.3. The molecule has 4 nitrogen and oxygen atoms in total. The van der Waals surface area contributed by atoms with Gasteiger partial charge in [0.25, 0.3) is 0 Å². The summed E-state index contributed by atoms with van der Waals surface area (Å²) in [5, 5.41) is 31.0. The Balaban J connectivity index is 1.84. The zero-order valence-corrected chi connectivity index (χ0v) is 12.8. The number of halogens is 1. The van der Waals surface area contributed by atoms with Crippen LogP contribution in [0.5, 0.6) is 0 Å². The normalized spacial score (nSPS) is 44.5. The second-order valence-electron chi connectivity index (χ2n) is 7.95. The lowest BCUT2D eigenvalue weighted by atomic mass is 9.40. The van der Waals surface area contributed by atoms with Crippen molar-refractivity contribution in [2.24, 2.45) is 11.8 Å². The Morgan fingerprint density at radius 1 is 1.04 bits per heavy atom. The summed E-state index contributed by atoms with van der Waals surface area (Å²) in [6, 6.07) is 6.09. The number of carboxylic acids is 1. The predicted octanol–water partition coefficient (Wildman–Crippen LogP) is 2.22. The van der Waals surface area contributed by atoms with Crippen LogP contribution < -0.4 is 0 Å². The van der Waals surface area contributed by atoms with Crippen molar-refractivity contribution in [2.45, 2.75) is 55.1 Å². The van der Waals surface area contributed by atoms with Crippen molar-refractivity contribution < 1.29 is 24.5 Å². The van der Waals surface area contributed by atoms with E-state index in [0.29, 0.717) is 32.1 Å². The van der Waals surface area contributed by atoms with Crippen molar-refractivity contribution in [1.29, 1.82) is 0 Å². The molecule has 0 saturated heterocycles. The van der Waals surface area contributed by atoms with E-state index in [1.807, 2.05) is 0 Å². The molecular formula is C18H21FO4. The molecule has 4 aliphatic rings. The minimum Gasteiger partial charge on any atom is -0.481 e. The molecule has 5 rings (SSSR count). The third kappa shape index (κ3) is 2.13. The van der Waals surface area contributed by atoms with Crippen LogP contribution in [0.3, 0.4) is 0 Å². The maximum atomic E-state index is 13.3. The van der Waals surface area contributed by atoms with Gasteiger partial charge in [0.2, 0.25) is 0 Å². The highest BCUT2D eigenvalue weighted by molar-refractivity contribution is 5.69. The molecule has 4 bridgehead atoms. The number of carbonyl (C=O) groups is 1. The first-order chi connectivity index (χ1) is 10.7. The summed E-state index contributed by atoms with van der Waals surface area (Å²) in [4.78, 5) is 11.6. The van der Waals surface area contributed by atoms with Gasteiger partial charge in [-0.25, -0.2) is 4.39 Å². The lowest BCUT2D eigenvalue weighted by molar-refractivity contribution is -0.230. The van der Waals surface area contributed by atoms with Crippen LogP contribution in [0.1, 0.15) is 44.1 Å². The van der Waals surface area contributed by atoms with Gasteiger partial charge >= 0.3 is 5.97 Å². The molecule has 0 aliphatic heterocycles. The van der Waals surface area contributed by atoms with Crippen LogP contribution in [0.4, 0.5) is 4.39 Å². The molecule has 4 saturated carbocycles. The minimum atomic E-state index is -0.888. The second kappa shape index (κ2) is 4.54. The number of benzene rings is 1. The van der Waals surface area contributed by atoms with Gasteiger partial charge < -0.3 is 15.3 Å². The summed E-state index contributed by atoms with van der Waals surface area (Å²) >= 11 is 0. The molecule has 0 atom stereocenters. The van der Waals surface area contributed by atoms with Crippen LogP contribution in [0.25, 0.3) is 0 Å². The van der Waals surface area contributed by atoms with Gasteiger partial charge in [-0.3, -0.25) is 4.79 Å². The fourth-order valence-electron chi connectivity index (χ4n) is 5.98. The molecule has 0 amide bonds. The maximum Gasteiger partial charge on any atom is 0.304 e. The van der Waals surface area contributed by atoms with Gasteiger partial charge in [0, 0.05) is 11.8 Å². The third-order valence-corrected chi connectivity index (χ3v) is 6.45. The van der Waals surface area contributed by atoms with Crippen molar-refractivity contribution in [3.8, 4) is 0 Å². The zero-order chi connectivity index (χ0) is 16.5. The molecule has 4 fully saturated rings. The van der Waals surface area contributed by atoms with Crippen molar-refractivity contribution in [3.63, 3.8) is 0 Å². The van der Waals surface area contributed by atoms with E-state index in [4.69, 9.17) is 0 Å². The largest absolute Gasteiger partial charge is 0.481 e. The van der Waals surface area contributed by atoms with E-state index < -0.39 is 22.6 Å². The Bertz CT molecular complexity index is 617. The summed E-state index contributed by atoms with van der Waals surface area (Å²) in [5.41, 5.74) is -1.58. The van der Waals surface area contributed by atoms with E-state index in [9.17, 15) is 24.5 Å². The van der Waals surface area contributed by atoms with Crippen LogP contribution in [0.2, 0.25) is 0 Å². The van der Waals surface area contributed by atoms with Gasteiger partial charge in [-0.2, -0.15) is 0 Å². The van der Waals surface area contributed by atoms with E-state index in [1.165, 1.54) is 12.1 Å². The molecule has 1 aromatic rings. The molecule has 0 unspecified atom stereocenters. The average molecular weight is 320 g/mol. The summed E-state index contributed by atoms with van der Waals surface area (Å²) in [7, 11) is 0.